The Morgan fingerprint density at radius 3 is 2.37 bits per heavy atom. The van der Waals surface area contributed by atoms with Gasteiger partial charge in [0.25, 0.3) is 0 Å². The Labute approximate surface area is 158 Å². The van der Waals surface area contributed by atoms with Crippen LogP contribution in [0.1, 0.15) is 17.5 Å². The van der Waals surface area contributed by atoms with E-state index in [9.17, 15) is 9.59 Å². The first-order valence-electron chi connectivity index (χ1n) is 8.92. The molecule has 1 unspecified atom stereocenters. The number of amides is 3. The first kappa shape index (κ1) is 18.7. The van der Waals surface area contributed by atoms with Gasteiger partial charge in [0.2, 0.25) is 5.91 Å². The van der Waals surface area contributed by atoms with E-state index in [0.29, 0.717) is 18.8 Å². The number of nitrogens with one attached hydrogen (secondary N) is 4. The number of benzene rings is 2. The molecule has 2 aromatic carbocycles. The Morgan fingerprint density at radius 2 is 1.74 bits per heavy atom. The van der Waals surface area contributed by atoms with Gasteiger partial charge in [-0.15, -0.1) is 0 Å². The maximum absolute atomic E-state index is 12.0. The van der Waals surface area contributed by atoms with Gasteiger partial charge in [0.15, 0.2) is 0 Å². The summed E-state index contributed by atoms with van der Waals surface area (Å²) in [6.45, 7) is 1.77. The molecule has 2 aromatic rings. The zero-order chi connectivity index (χ0) is 19.1. The number of ether oxygens (including phenoxy) is 1. The van der Waals surface area contributed by atoms with Gasteiger partial charge in [-0.2, -0.15) is 0 Å². The summed E-state index contributed by atoms with van der Waals surface area (Å²) < 4.78 is 5.11. The van der Waals surface area contributed by atoms with Crippen LogP contribution in [0.2, 0.25) is 0 Å². The van der Waals surface area contributed by atoms with Gasteiger partial charge in [-0.25, -0.2) is 4.79 Å². The molecule has 0 aromatic heterocycles. The lowest BCUT2D eigenvalue weighted by molar-refractivity contribution is -0.120. The van der Waals surface area contributed by atoms with Crippen LogP contribution in [-0.2, 0) is 17.9 Å². The van der Waals surface area contributed by atoms with Gasteiger partial charge < -0.3 is 26.0 Å². The van der Waals surface area contributed by atoms with Gasteiger partial charge in [-0.1, -0.05) is 24.3 Å². The van der Waals surface area contributed by atoms with Crippen LogP contribution in [-0.4, -0.2) is 31.6 Å². The molecule has 1 saturated heterocycles. The van der Waals surface area contributed by atoms with Crippen molar-refractivity contribution in [1.29, 1.82) is 0 Å². The number of rotatable bonds is 7. The average molecular weight is 368 g/mol. The molecule has 0 saturated carbocycles. The Kier molecular flexibility index (Phi) is 6.27. The molecule has 1 fully saturated rings. The van der Waals surface area contributed by atoms with Crippen LogP contribution < -0.4 is 26.0 Å². The summed E-state index contributed by atoms with van der Waals surface area (Å²) >= 11 is 0. The minimum Gasteiger partial charge on any atom is -0.497 e. The third kappa shape index (κ3) is 5.46. The summed E-state index contributed by atoms with van der Waals surface area (Å²) in [6.07, 6.45) is 0.812. The van der Waals surface area contributed by atoms with Crippen molar-refractivity contribution in [1.82, 2.24) is 16.0 Å². The number of urea groups is 1. The highest BCUT2D eigenvalue weighted by molar-refractivity contribution is 5.89. The molecule has 1 atom stereocenters. The topological polar surface area (TPSA) is 91.5 Å². The number of hydrogen-bond donors (Lipinski definition) is 4. The van der Waals surface area contributed by atoms with Crippen molar-refractivity contribution in [3.05, 3.63) is 59.7 Å². The Morgan fingerprint density at radius 1 is 1.07 bits per heavy atom. The summed E-state index contributed by atoms with van der Waals surface area (Å²) in [6, 6.07) is 14.7. The number of anilines is 1. The van der Waals surface area contributed by atoms with Crippen LogP contribution in [0.5, 0.6) is 5.75 Å². The standard InChI is InChI=1S/C20H24N4O3/c1-27-17-8-4-15(5-9-17)13-23-20(26)24-16-6-2-14(3-7-16)12-22-18-10-11-21-19(18)25/h2-9,18,22H,10-13H2,1H3,(H,21,25)(H2,23,24,26). The maximum Gasteiger partial charge on any atom is 0.319 e. The zero-order valence-corrected chi connectivity index (χ0v) is 15.2. The van der Waals surface area contributed by atoms with Crippen LogP contribution in [0.4, 0.5) is 10.5 Å². The van der Waals surface area contributed by atoms with Gasteiger partial charge >= 0.3 is 6.03 Å². The van der Waals surface area contributed by atoms with Crippen LogP contribution >= 0.6 is 0 Å². The van der Waals surface area contributed by atoms with E-state index < -0.39 is 0 Å². The van der Waals surface area contributed by atoms with Crippen molar-refractivity contribution in [3.8, 4) is 5.75 Å². The van der Waals surface area contributed by atoms with Crippen LogP contribution in [0.15, 0.2) is 48.5 Å². The molecule has 1 aliphatic rings. The quantitative estimate of drug-likeness (QED) is 0.602. The van der Waals surface area contributed by atoms with E-state index in [1.54, 1.807) is 7.11 Å². The first-order valence-corrected chi connectivity index (χ1v) is 8.92. The lowest BCUT2D eigenvalue weighted by atomic mass is 10.2. The second kappa shape index (κ2) is 9.05. The molecule has 27 heavy (non-hydrogen) atoms. The number of methoxy groups -OCH3 is 1. The molecule has 0 spiro atoms. The van der Waals surface area contributed by atoms with E-state index in [1.807, 2.05) is 48.5 Å². The molecule has 3 amide bonds. The Bertz CT molecular complexity index is 775. The number of hydrogen-bond acceptors (Lipinski definition) is 4. The second-order valence-corrected chi connectivity index (χ2v) is 6.37. The van der Waals surface area contributed by atoms with Crippen LogP contribution in [0, 0.1) is 0 Å². The van der Waals surface area contributed by atoms with Gasteiger partial charge in [0.1, 0.15) is 5.75 Å². The van der Waals surface area contributed by atoms with Crippen molar-refractivity contribution in [2.45, 2.75) is 25.6 Å². The largest absolute Gasteiger partial charge is 0.497 e. The molecular weight excluding hydrogens is 344 g/mol. The molecule has 142 valence electrons. The summed E-state index contributed by atoms with van der Waals surface area (Å²) in [5.74, 6) is 0.841. The summed E-state index contributed by atoms with van der Waals surface area (Å²) in [4.78, 5) is 23.6. The second-order valence-electron chi connectivity index (χ2n) is 6.37. The van der Waals surface area contributed by atoms with E-state index in [0.717, 1.165) is 29.8 Å². The van der Waals surface area contributed by atoms with Crippen LogP contribution in [0.3, 0.4) is 0 Å². The minimum atomic E-state index is -0.265. The predicted molar refractivity (Wildman–Crippen MR) is 104 cm³/mol. The fraction of sp³-hybridized carbons (Fsp3) is 0.300. The highest BCUT2D eigenvalue weighted by Gasteiger charge is 2.22. The Balaban J connectivity index is 1.42. The monoisotopic (exact) mass is 368 g/mol. The molecule has 1 heterocycles. The van der Waals surface area contributed by atoms with Crippen molar-refractivity contribution < 1.29 is 14.3 Å². The SMILES string of the molecule is COc1ccc(CNC(=O)Nc2ccc(CNC3CCNC3=O)cc2)cc1. The van der Waals surface area contributed by atoms with E-state index in [1.165, 1.54) is 0 Å². The maximum atomic E-state index is 12.0. The summed E-state index contributed by atoms with van der Waals surface area (Å²) in [5, 5.41) is 11.7. The first-order chi connectivity index (χ1) is 13.1. The van der Waals surface area contributed by atoms with Crippen LogP contribution in [0.25, 0.3) is 0 Å². The highest BCUT2D eigenvalue weighted by Crippen LogP contribution is 2.12. The van der Waals surface area contributed by atoms with Crippen molar-refractivity contribution in [3.63, 3.8) is 0 Å². The molecule has 0 bridgehead atoms. The van der Waals surface area contributed by atoms with Gasteiger partial charge in [0.05, 0.1) is 13.2 Å². The lowest BCUT2D eigenvalue weighted by Gasteiger charge is -2.11. The fourth-order valence-corrected chi connectivity index (χ4v) is 2.84. The summed E-state index contributed by atoms with van der Waals surface area (Å²) in [7, 11) is 1.62. The van der Waals surface area contributed by atoms with E-state index in [-0.39, 0.29) is 18.0 Å². The zero-order valence-electron chi connectivity index (χ0n) is 15.2. The highest BCUT2D eigenvalue weighted by atomic mass is 16.5. The van der Waals surface area contributed by atoms with Gasteiger partial charge in [0, 0.05) is 25.3 Å². The van der Waals surface area contributed by atoms with E-state index in [4.69, 9.17) is 4.74 Å². The van der Waals surface area contributed by atoms with Gasteiger partial charge in [-0.3, -0.25) is 4.79 Å². The lowest BCUT2D eigenvalue weighted by Crippen LogP contribution is -2.35. The predicted octanol–water partition coefficient (Wildman–Crippen LogP) is 1.99. The molecule has 1 aliphatic heterocycles. The molecule has 7 heteroatoms. The van der Waals surface area contributed by atoms with Crippen molar-refractivity contribution in [2.24, 2.45) is 0 Å². The van der Waals surface area contributed by atoms with E-state index in [2.05, 4.69) is 21.3 Å². The minimum absolute atomic E-state index is 0.0572. The van der Waals surface area contributed by atoms with Gasteiger partial charge in [-0.05, 0) is 41.8 Å². The molecule has 0 radical (unpaired) electrons. The normalized spacial score (nSPS) is 15.9. The number of carbonyl (C=O) groups excluding carboxylic acids is 2. The third-order valence-electron chi connectivity index (χ3n) is 4.43. The summed E-state index contributed by atoms with van der Waals surface area (Å²) in [5.41, 5.74) is 2.76. The van der Waals surface area contributed by atoms with Crippen molar-refractivity contribution in [2.75, 3.05) is 19.0 Å². The fourth-order valence-electron chi connectivity index (χ4n) is 2.84. The molecule has 0 aliphatic carbocycles. The Hall–Kier alpha value is -3.06. The molecular formula is C20H24N4O3. The average Bonchev–Trinajstić information content (AvgIpc) is 3.11. The molecule has 4 N–H and O–H groups in total. The smallest absolute Gasteiger partial charge is 0.319 e. The molecule has 7 nitrogen and oxygen atoms in total. The number of carbonyl (C=O) groups is 2. The molecule has 3 rings (SSSR count). The van der Waals surface area contributed by atoms with Crippen molar-refractivity contribution >= 4 is 17.6 Å². The van der Waals surface area contributed by atoms with E-state index >= 15 is 0 Å². The third-order valence-corrected chi connectivity index (χ3v) is 4.43.